The second-order valence-corrected chi connectivity index (χ2v) is 8.58. The first-order valence-corrected chi connectivity index (χ1v) is 11.3. The average Bonchev–Trinajstić information content (AvgIpc) is 3.56. The van der Waals surface area contributed by atoms with E-state index < -0.39 is 11.9 Å². The van der Waals surface area contributed by atoms with E-state index in [0.29, 0.717) is 48.1 Å². The monoisotopic (exact) mass is 447 g/mol. The molecule has 2 aliphatic heterocycles. The number of carbonyl (C=O) groups is 4. The van der Waals surface area contributed by atoms with E-state index in [0.717, 1.165) is 12.8 Å². The van der Waals surface area contributed by atoms with Gasteiger partial charge in [0.2, 0.25) is 5.91 Å². The summed E-state index contributed by atoms with van der Waals surface area (Å²) in [5.74, 6) is -0.755. The quantitative estimate of drug-likeness (QED) is 0.658. The standard InChI is InChI=1S/C25H25N3O5/c1-2-33-21-10-7-15(14-28-23(30)17-5-3-4-6-18(17)24(28)31)13-19(21)22(29)26-20-11-12-27(25(20)32)16-8-9-16/h3-7,10,13,16,20H,2,8-9,11-12,14H2,1H3,(H,26,29)/t20-/m1/s1. The van der Waals surface area contributed by atoms with Crippen LogP contribution < -0.4 is 10.1 Å². The Bertz CT molecular complexity index is 1120. The molecule has 4 amide bonds. The summed E-state index contributed by atoms with van der Waals surface area (Å²) in [5, 5.41) is 2.85. The van der Waals surface area contributed by atoms with Crippen molar-refractivity contribution in [2.75, 3.05) is 13.2 Å². The Balaban J connectivity index is 1.35. The molecular formula is C25H25N3O5. The highest BCUT2D eigenvalue weighted by Gasteiger charge is 2.41. The summed E-state index contributed by atoms with van der Waals surface area (Å²) >= 11 is 0. The number of amides is 4. The molecule has 1 atom stereocenters. The van der Waals surface area contributed by atoms with Gasteiger partial charge in [0.1, 0.15) is 11.8 Å². The summed E-state index contributed by atoms with van der Waals surface area (Å²) in [6.07, 6.45) is 2.64. The Morgan fingerprint density at radius 1 is 1.03 bits per heavy atom. The summed E-state index contributed by atoms with van der Waals surface area (Å²) < 4.78 is 5.63. The minimum Gasteiger partial charge on any atom is -0.493 e. The SMILES string of the molecule is CCOc1ccc(CN2C(=O)c3ccccc3C2=O)cc1C(=O)N[C@@H]1CCN(C2CC2)C1=O. The number of nitrogens with zero attached hydrogens (tertiary/aromatic N) is 2. The van der Waals surface area contributed by atoms with Crippen LogP contribution in [0.2, 0.25) is 0 Å². The molecule has 33 heavy (non-hydrogen) atoms. The van der Waals surface area contributed by atoms with Gasteiger partial charge in [-0.1, -0.05) is 18.2 Å². The highest BCUT2D eigenvalue weighted by atomic mass is 16.5. The first-order chi connectivity index (χ1) is 16.0. The Morgan fingerprint density at radius 3 is 2.36 bits per heavy atom. The number of rotatable bonds is 7. The number of carbonyl (C=O) groups excluding carboxylic acids is 4. The van der Waals surface area contributed by atoms with E-state index in [1.54, 1.807) is 42.5 Å². The Morgan fingerprint density at radius 2 is 1.73 bits per heavy atom. The molecule has 1 saturated carbocycles. The van der Waals surface area contributed by atoms with Crippen LogP contribution in [0.3, 0.4) is 0 Å². The predicted molar refractivity (Wildman–Crippen MR) is 119 cm³/mol. The fourth-order valence-corrected chi connectivity index (χ4v) is 4.52. The van der Waals surface area contributed by atoms with Crippen LogP contribution in [-0.4, -0.2) is 58.7 Å². The Kier molecular flexibility index (Phi) is 5.36. The Hall–Kier alpha value is -3.68. The zero-order valence-electron chi connectivity index (χ0n) is 18.4. The Labute approximate surface area is 191 Å². The normalized spacial score (nSPS) is 19.8. The highest BCUT2D eigenvalue weighted by molar-refractivity contribution is 6.21. The van der Waals surface area contributed by atoms with Crippen LogP contribution in [0.1, 0.15) is 62.8 Å². The first kappa shape index (κ1) is 21.2. The van der Waals surface area contributed by atoms with Crippen LogP contribution in [0, 0.1) is 0 Å². The fraction of sp³-hybridized carbons (Fsp3) is 0.360. The fourth-order valence-electron chi connectivity index (χ4n) is 4.52. The average molecular weight is 447 g/mol. The molecule has 0 unspecified atom stereocenters. The zero-order chi connectivity index (χ0) is 23.1. The molecule has 1 saturated heterocycles. The van der Waals surface area contributed by atoms with Crippen LogP contribution in [-0.2, 0) is 11.3 Å². The smallest absolute Gasteiger partial charge is 0.261 e. The van der Waals surface area contributed by atoms with E-state index in [2.05, 4.69) is 5.32 Å². The van der Waals surface area contributed by atoms with Gasteiger partial charge in [-0.05, 0) is 56.0 Å². The lowest BCUT2D eigenvalue weighted by molar-refractivity contribution is -0.129. The third kappa shape index (κ3) is 3.86. The van der Waals surface area contributed by atoms with E-state index in [-0.39, 0.29) is 29.8 Å². The van der Waals surface area contributed by atoms with Gasteiger partial charge in [-0.2, -0.15) is 0 Å². The molecule has 3 aliphatic rings. The summed E-state index contributed by atoms with van der Waals surface area (Å²) in [5.41, 5.74) is 1.66. The van der Waals surface area contributed by atoms with Crippen molar-refractivity contribution in [1.29, 1.82) is 0 Å². The lowest BCUT2D eigenvalue weighted by atomic mass is 10.1. The largest absolute Gasteiger partial charge is 0.493 e. The summed E-state index contributed by atoms with van der Waals surface area (Å²) in [4.78, 5) is 54.2. The topological polar surface area (TPSA) is 96.0 Å². The molecule has 5 rings (SSSR count). The van der Waals surface area contributed by atoms with Crippen LogP contribution in [0.25, 0.3) is 0 Å². The zero-order valence-corrected chi connectivity index (χ0v) is 18.4. The van der Waals surface area contributed by atoms with Gasteiger partial charge in [-0.3, -0.25) is 24.1 Å². The van der Waals surface area contributed by atoms with Crippen molar-refractivity contribution in [1.82, 2.24) is 15.1 Å². The number of imide groups is 1. The van der Waals surface area contributed by atoms with Gasteiger partial charge >= 0.3 is 0 Å². The van der Waals surface area contributed by atoms with Gasteiger partial charge in [0.15, 0.2) is 0 Å². The molecule has 2 fully saturated rings. The third-order valence-corrected chi connectivity index (χ3v) is 6.34. The predicted octanol–water partition coefficient (Wildman–Crippen LogP) is 2.37. The summed E-state index contributed by atoms with van der Waals surface area (Å²) in [7, 11) is 0. The molecule has 2 aromatic rings. The van der Waals surface area contributed by atoms with E-state index in [4.69, 9.17) is 4.74 Å². The van der Waals surface area contributed by atoms with Crippen molar-refractivity contribution in [3.63, 3.8) is 0 Å². The van der Waals surface area contributed by atoms with Crippen molar-refractivity contribution in [3.05, 3.63) is 64.7 Å². The van der Waals surface area contributed by atoms with Crippen LogP contribution in [0.5, 0.6) is 5.75 Å². The van der Waals surface area contributed by atoms with Gasteiger partial charge in [0.25, 0.3) is 17.7 Å². The number of fused-ring (bicyclic) bond motifs is 1. The molecule has 1 N–H and O–H groups in total. The lowest BCUT2D eigenvalue weighted by Gasteiger charge is -2.18. The van der Waals surface area contributed by atoms with Crippen molar-refractivity contribution < 1.29 is 23.9 Å². The molecule has 1 aliphatic carbocycles. The lowest BCUT2D eigenvalue weighted by Crippen LogP contribution is -2.42. The maximum absolute atomic E-state index is 13.1. The van der Waals surface area contributed by atoms with Crippen molar-refractivity contribution in [3.8, 4) is 5.75 Å². The molecule has 0 aromatic heterocycles. The molecule has 0 spiro atoms. The molecule has 2 aromatic carbocycles. The van der Waals surface area contributed by atoms with Crippen molar-refractivity contribution in [2.45, 2.75) is 44.8 Å². The first-order valence-electron chi connectivity index (χ1n) is 11.3. The van der Waals surface area contributed by atoms with Crippen LogP contribution in [0.4, 0.5) is 0 Å². The summed E-state index contributed by atoms with van der Waals surface area (Å²) in [6, 6.07) is 11.5. The van der Waals surface area contributed by atoms with Gasteiger partial charge < -0.3 is 15.0 Å². The van der Waals surface area contributed by atoms with E-state index >= 15 is 0 Å². The van der Waals surface area contributed by atoms with E-state index in [1.807, 2.05) is 11.8 Å². The molecule has 2 heterocycles. The number of ether oxygens (including phenoxy) is 1. The van der Waals surface area contributed by atoms with Crippen molar-refractivity contribution in [2.24, 2.45) is 0 Å². The molecule has 0 radical (unpaired) electrons. The number of hydrogen-bond acceptors (Lipinski definition) is 5. The molecule has 0 bridgehead atoms. The molecule has 8 heteroatoms. The maximum atomic E-state index is 13.1. The van der Waals surface area contributed by atoms with Gasteiger partial charge in [-0.25, -0.2) is 0 Å². The van der Waals surface area contributed by atoms with Gasteiger partial charge in [0, 0.05) is 12.6 Å². The van der Waals surface area contributed by atoms with Gasteiger partial charge in [0.05, 0.1) is 29.8 Å². The summed E-state index contributed by atoms with van der Waals surface area (Å²) in [6.45, 7) is 2.89. The number of hydrogen-bond donors (Lipinski definition) is 1. The second kappa shape index (κ2) is 8.35. The number of nitrogens with one attached hydrogen (secondary N) is 1. The van der Waals surface area contributed by atoms with Crippen LogP contribution >= 0.6 is 0 Å². The maximum Gasteiger partial charge on any atom is 0.261 e. The minimum absolute atomic E-state index is 0.0361. The van der Waals surface area contributed by atoms with E-state index in [9.17, 15) is 19.2 Å². The highest BCUT2D eigenvalue weighted by Crippen LogP contribution is 2.31. The van der Waals surface area contributed by atoms with Crippen LogP contribution in [0.15, 0.2) is 42.5 Å². The molecular weight excluding hydrogens is 422 g/mol. The number of likely N-dealkylation sites (tertiary alicyclic amines) is 1. The second-order valence-electron chi connectivity index (χ2n) is 8.58. The molecule has 8 nitrogen and oxygen atoms in total. The number of benzene rings is 2. The molecule has 170 valence electrons. The minimum atomic E-state index is -0.549. The third-order valence-electron chi connectivity index (χ3n) is 6.34. The van der Waals surface area contributed by atoms with Gasteiger partial charge in [-0.15, -0.1) is 0 Å². The van der Waals surface area contributed by atoms with E-state index in [1.165, 1.54) is 4.90 Å². The van der Waals surface area contributed by atoms with Crippen molar-refractivity contribution >= 4 is 23.6 Å².